The molecular formula is C8H12N2O2. The molecule has 1 heterocycles. The number of aryl methyl sites for hydroxylation is 1. The molecule has 1 aromatic rings. The first kappa shape index (κ1) is 8.77. The summed E-state index contributed by atoms with van der Waals surface area (Å²) in [7, 11) is 0. The highest BCUT2D eigenvalue weighted by atomic mass is 16.4. The number of hydrogen-bond acceptors (Lipinski definition) is 3. The molecule has 0 atom stereocenters. The quantitative estimate of drug-likeness (QED) is 0.721. The van der Waals surface area contributed by atoms with Crippen molar-refractivity contribution in [2.45, 2.75) is 20.3 Å². The number of amides is 1. The molecule has 0 aliphatic carbocycles. The van der Waals surface area contributed by atoms with Gasteiger partial charge in [-0.25, -0.2) is 4.98 Å². The van der Waals surface area contributed by atoms with Crippen molar-refractivity contribution in [2.24, 2.45) is 0 Å². The minimum atomic E-state index is -0.0294. The first-order valence-corrected chi connectivity index (χ1v) is 3.84. The zero-order valence-electron chi connectivity index (χ0n) is 7.26. The minimum absolute atomic E-state index is 0.0294. The lowest BCUT2D eigenvalue weighted by molar-refractivity contribution is -0.118. The van der Waals surface area contributed by atoms with E-state index in [1.165, 1.54) is 6.92 Å². The Bertz CT molecular complexity index is 268. The first-order chi connectivity index (χ1) is 5.68. The minimum Gasteiger partial charge on any atom is -0.446 e. The molecule has 0 saturated heterocycles. The van der Waals surface area contributed by atoms with E-state index in [-0.39, 0.29) is 5.91 Å². The Labute approximate surface area is 71.0 Å². The third kappa shape index (κ3) is 2.74. The van der Waals surface area contributed by atoms with Crippen LogP contribution in [0.25, 0.3) is 0 Å². The second-order valence-electron chi connectivity index (χ2n) is 2.60. The van der Waals surface area contributed by atoms with Gasteiger partial charge in [-0.2, -0.15) is 0 Å². The lowest BCUT2D eigenvalue weighted by atomic mass is 10.4. The smallest absolute Gasteiger partial charge is 0.216 e. The van der Waals surface area contributed by atoms with Gasteiger partial charge in [0.2, 0.25) is 5.91 Å². The van der Waals surface area contributed by atoms with E-state index in [0.717, 1.165) is 5.76 Å². The largest absolute Gasteiger partial charge is 0.446 e. The SMILES string of the molecule is CC(=O)NCCc1ncc(C)o1. The molecule has 4 nitrogen and oxygen atoms in total. The van der Waals surface area contributed by atoms with Crippen LogP contribution in [0.4, 0.5) is 0 Å². The van der Waals surface area contributed by atoms with Crippen LogP contribution < -0.4 is 5.32 Å². The molecule has 0 unspecified atom stereocenters. The van der Waals surface area contributed by atoms with E-state index in [0.29, 0.717) is 18.9 Å². The lowest BCUT2D eigenvalue weighted by Crippen LogP contribution is -2.22. The van der Waals surface area contributed by atoms with Gasteiger partial charge < -0.3 is 9.73 Å². The number of nitrogens with zero attached hydrogens (tertiary/aromatic N) is 1. The van der Waals surface area contributed by atoms with E-state index in [4.69, 9.17) is 4.42 Å². The topological polar surface area (TPSA) is 55.1 Å². The van der Waals surface area contributed by atoms with E-state index < -0.39 is 0 Å². The zero-order valence-corrected chi connectivity index (χ0v) is 7.26. The zero-order chi connectivity index (χ0) is 8.97. The normalized spacial score (nSPS) is 9.83. The van der Waals surface area contributed by atoms with Gasteiger partial charge in [0, 0.05) is 19.9 Å². The lowest BCUT2D eigenvalue weighted by Gasteiger charge is -1.97. The second-order valence-corrected chi connectivity index (χ2v) is 2.60. The molecule has 0 saturated carbocycles. The van der Waals surface area contributed by atoms with Crippen LogP contribution in [0.1, 0.15) is 18.6 Å². The van der Waals surface area contributed by atoms with Crippen LogP contribution in [0.5, 0.6) is 0 Å². The maximum Gasteiger partial charge on any atom is 0.216 e. The summed E-state index contributed by atoms with van der Waals surface area (Å²) in [4.78, 5) is 14.5. The Kier molecular flexibility index (Phi) is 2.85. The molecule has 12 heavy (non-hydrogen) atoms. The Morgan fingerprint density at radius 3 is 3.00 bits per heavy atom. The first-order valence-electron chi connectivity index (χ1n) is 3.84. The van der Waals surface area contributed by atoms with Crippen LogP contribution in [0.15, 0.2) is 10.6 Å². The Morgan fingerprint density at radius 2 is 2.50 bits per heavy atom. The molecule has 1 rings (SSSR count). The fraction of sp³-hybridized carbons (Fsp3) is 0.500. The fourth-order valence-corrected chi connectivity index (χ4v) is 0.862. The van der Waals surface area contributed by atoms with Crippen molar-refractivity contribution in [3.63, 3.8) is 0 Å². The van der Waals surface area contributed by atoms with Crippen molar-refractivity contribution in [3.8, 4) is 0 Å². The number of carbonyl (C=O) groups is 1. The third-order valence-electron chi connectivity index (χ3n) is 1.38. The summed E-state index contributed by atoms with van der Waals surface area (Å²) in [6.07, 6.45) is 2.32. The molecule has 1 amide bonds. The number of nitrogens with one attached hydrogen (secondary N) is 1. The molecule has 1 aromatic heterocycles. The molecule has 0 aromatic carbocycles. The summed E-state index contributed by atoms with van der Waals surface area (Å²) in [5.74, 6) is 1.44. The maximum atomic E-state index is 10.5. The van der Waals surface area contributed by atoms with Gasteiger partial charge in [-0.05, 0) is 6.92 Å². The highest BCUT2D eigenvalue weighted by Gasteiger charge is 1.99. The monoisotopic (exact) mass is 168 g/mol. The van der Waals surface area contributed by atoms with Gasteiger partial charge in [0.25, 0.3) is 0 Å². The van der Waals surface area contributed by atoms with Crippen molar-refractivity contribution in [1.29, 1.82) is 0 Å². The van der Waals surface area contributed by atoms with Crippen LogP contribution >= 0.6 is 0 Å². The Balaban J connectivity index is 2.29. The number of aromatic nitrogens is 1. The Hall–Kier alpha value is -1.32. The van der Waals surface area contributed by atoms with Gasteiger partial charge >= 0.3 is 0 Å². The number of hydrogen-bond donors (Lipinski definition) is 1. The summed E-state index contributed by atoms with van der Waals surface area (Å²) in [5, 5.41) is 2.66. The summed E-state index contributed by atoms with van der Waals surface area (Å²) >= 11 is 0. The molecule has 0 fully saturated rings. The van der Waals surface area contributed by atoms with Gasteiger partial charge in [0.15, 0.2) is 5.89 Å². The van der Waals surface area contributed by atoms with Gasteiger partial charge in [-0.3, -0.25) is 4.79 Å². The second kappa shape index (κ2) is 3.90. The van der Waals surface area contributed by atoms with Crippen molar-refractivity contribution in [3.05, 3.63) is 17.8 Å². The molecular weight excluding hydrogens is 156 g/mol. The maximum absolute atomic E-state index is 10.5. The van der Waals surface area contributed by atoms with Gasteiger partial charge in [-0.15, -0.1) is 0 Å². The van der Waals surface area contributed by atoms with E-state index >= 15 is 0 Å². The van der Waals surface area contributed by atoms with Crippen LogP contribution in [-0.2, 0) is 11.2 Å². The van der Waals surface area contributed by atoms with Crippen molar-refractivity contribution >= 4 is 5.91 Å². The average molecular weight is 168 g/mol. The van der Waals surface area contributed by atoms with Gasteiger partial charge in [-0.1, -0.05) is 0 Å². The number of rotatable bonds is 3. The van der Waals surface area contributed by atoms with Crippen molar-refractivity contribution < 1.29 is 9.21 Å². The molecule has 66 valence electrons. The Morgan fingerprint density at radius 1 is 1.75 bits per heavy atom. The summed E-state index contributed by atoms with van der Waals surface area (Å²) in [5.41, 5.74) is 0. The number of carbonyl (C=O) groups excluding carboxylic acids is 1. The average Bonchev–Trinajstić information content (AvgIpc) is 2.35. The van der Waals surface area contributed by atoms with E-state index in [2.05, 4.69) is 10.3 Å². The van der Waals surface area contributed by atoms with Crippen molar-refractivity contribution in [2.75, 3.05) is 6.54 Å². The number of oxazole rings is 1. The van der Waals surface area contributed by atoms with Crippen molar-refractivity contribution in [1.82, 2.24) is 10.3 Å². The van der Waals surface area contributed by atoms with E-state index in [1.54, 1.807) is 6.20 Å². The molecule has 0 aliphatic rings. The fourth-order valence-electron chi connectivity index (χ4n) is 0.862. The molecule has 4 heteroatoms. The van der Waals surface area contributed by atoms with Crippen LogP contribution in [0.3, 0.4) is 0 Å². The highest BCUT2D eigenvalue weighted by molar-refractivity contribution is 5.72. The molecule has 0 aliphatic heterocycles. The molecule has 0 radical (unpaired) electrons. The van der Waals surface area contributed by atoms with Gasteiger partial charge in [0.05, 0.1) is 6.20 Å². The standard InChI is InChI=1S/C8H12N2O2/c1-6-5-10-8(12-6)3-4-9-7(2)11/h5H,3-4H2,1-2H3,(H,9,11). The third-order valence-corrected chi connectivity index (χ3v) is 1.38. The van der Waals surface area contributed by atoms with Gasteiger partial charge in [0.1, 0.15) is 5.76 Å². The predicted molar refractivity (Wildman–Crippen MR) is 43.6 cm³/mol. The summed E-state index contributed by atoms with van der Waals surface area (Å²) in [6.45, 7) is 3.91. The van der Waals surface area contributed by atoms with Crippen LogP contribution in [0.2, 0.25) is 0 Å². The molecule has 1 N–H and O–H groups in total. The summed E-state index contributed by atoms with van der Waals surface area (Å²) in [6, 6.07) is 0. The predicted octanol–water partition coefficient (Wildman–Crippen LogP) is 0.662. The van der Waals surface area contributed by atoms with Crippen LogP contribution in [-0.4, -0.2) is 17.4 Å². The van der Waals surface area contributed by atoms with E-state index in [9.17, 15) is 4.79 Å². The highest BCUT2D eigenvalue weighted by Crippen LogP contribution is 2.00. The molecule has 0 bridgehead atoms. The van der Waals surface area contributed by atoms with Crippen LogP contribution in [0, 0.1) is 6.92 Å². The molecule has 0 spiro atoms. The summed E-state index contributed by atoms with van der Waals surface area (Å²) < 4.78 is 5.20. The van der Waals surface area contributed by atoms with E-state index in [1.807, 2.05) is 6.92 Å².